The van der Waals surface area contributed by atoms with Gasteiger partial charge in [0, 0.05) is 39.3 Å². The number of hydrogen-bond acceptors (Lipinski definition) is 7. The number of rotatable bonds is 15. The van der Waals surface area contributed by atoms with Crippen LogP contribution in [-0.4, -0.2) is 69.2 Å². The molecule has 0 aromatic rings. The van der Waals surface area contributed by atoms with Crippen molar-refractivity contribution in [3.63, 3.8) is 0 Å². The van der Waals surface area contributed by atoms with Gasteiger partial charge in [0.05, 0.1) is 18.6 Å². The molecule has 0 rings (SSSR count). The van der Waals surface area contributed by atoms with Gasteiger partial charge >= 0.3 is 0 Å². The van der Waals surface area contributed by atoms with E-state index in [2.05, 4.69) is 16.0 Å². The number of nitrogens with two attached hydrogens (primary N) is 2. The summed E-state index contributed by atoms with van der Waals surface area (Å²) < 4.78 is 0. The van der Waals surface area contributed by atoms with Gasteiger partial charge in [-0.1, -0.05) is 13.0 Å². The molecular formula is C18H37N6O4Y-. The van der Waals surface area contributed by atoms with E-state index in [9.17, 15) is 19.2 Å². The van der Waals surface area contributed by atoms with E-state index in [1.54, 1.807) is 14.0 Å². The SMILES string of the molecule is CNC(CCCCNC(=O)CNC(=O)C[NH-])C(C)=O.NCCCC[C@@H](N)C=O.[Y]. The normalized spacial score (nSPS) is 11.8. The molecule has 0 saturated carbocycles. The third kappa shape index (κ3) is 23.4. The minimum Gasteiger partial charge on any atom is -0.670 e. The molecule has 11 heteroatoms. The van der Waals surface area contributed by atoms with Crippen molar-refractivity contribution in [2.24, 2.45) is 11.5 Å². The Hall–Kier alpha value is -0.776. The molecule has 29 heavy (non-hydrogen) atoms. The number of likely N-dealkylation sites (N-methyl/N-ethyl adjacent to an activating group) is 1. The smallest absolute Gasteiger partial charge is 0.239 e. The van der Waals surface area contributed by atoms with Gasteiger partial charge in [0.15, 0.2) is 5.91 Å². The zero-order valence-electron chi connectivity index (χ0n) is 17.7. The Morgan fingerprint density at radius 1 is 1.03 bits per heavy atom. The maximum absolute atomic E-state index is 11.3. The Bertz CT molecular complexity index is 454. The van der Waals surface area contributed by atoms with Crippen molar-refractivity contribution < 1.29 is 51.9 Å². The van der Waals surface area contributed by atoms with E-state index in [0.29, 0.717) is 13.1 Å². The summed E-state index contributed by atoms with van der Waals surface area (Å²) in [6, 6.07) is -0.399. The fourth-order valence-corrected chi connectivity index (χ4v) is 2.15. The van der Waals surface area contributed by atoms with Gasteiger partial charge in [-0.3, -0.25) is 14.4 Å². The summed E-state index contributed by atoms with van der Waals surface area (Å²) in [6.45, 7) is 2.29. The molecule has 10 nitrogen and oxygen atoms in total. The largest absolute Gasteiger partial charge is 0.670 e. The fourth-order valence-electron chi connectivity index (χ4n) is 2.15. The molecule has 2 amide bonds. The average Bonchev–Trinajstić information content (AvgIpc) is 2.68. The summed E-state index contributed by atoms with van der Waals surface area (Å²) in [4.78, 5) is 43.1. The molecule has 0 aromatic carbocycles. The van der Waals surface area contributed by atoms with E-state index in [1.165, 1.54) is 0 Å². The summed E-state index contributed by atoms with van der Waals surface area (Å²) in [6.07, 6.45) is 5.82. The van der Waals surface area contributed by atoms with Crippen LogP contribution in [0.15, 0.2) is 0 Å². The number of aldehydes is 1. The minimum atomic E-state index is -0.464. The van der Waals surface area contributed by atoms with Crippen LogP contribution < -0.4 is 27.4 Å². The minimum absolute atomic E-state index is 0. The maximum Gasteiger partial charge on any atom is 0.239 e. The molecule has 0 bridgehead atoms. The van der Waals surface area contributed by atoms with Crippen LogP contribution >= 0.6 is 0 Å². The molecule has 0 aliphatic heterocycles. The van der Waals surface area contributed by atoms with Crippen LogP contribution in [0.5, 0.6) is 0 Å². The van der Waals surface area contributed by atoms with Crippen LogP contribution in [0, 0.1) is 0 Å². The van der Waals surface area contributed by atoms with Gasteiger partial charge in [0.1, 0.15) is 12.1 Å². The van der Waals surface area contributed by atoms with Crippen molar-refractivity contribution in [2.75, 3.05) is 33.2 Å². The Morgan fingerprint density at radius 3 is 2.14 bits per heavy atom. The van der Waals surface area contributed by atoms with Gasteiger partial charge < -0.3 is 37.9 Å². The number of Topliss-reactive ketones (excluding diaryl/α,β-unsaturated/α-hetero) is 1. The molecule has 0 aliphatic rings. The quantitative estimate of drug-likeness (QED) is 0.148. The third-order valence-corrected chi connectivity index (χ3v) is 3.85. The Kier molecular flexibility index (Phi) is 26.6. The number of carbonyl (C=O) groups is 4. The molecule has 0 saturated heterocycles. The van der Waals surface area contributed by atoms with E-state index in [1.807, 2.05) is 0 Å². The van der Waals surface area contributed by atoms with Crippen LogP contribution in [-0.2, 0) is 51.9 Å². The van der Waals surface area contributed by atoms with E-state index in [4.69, 9.17) is 17.2 Å². The standard InChI is InChI=1S/C12H23N4O3.C6H14N2O.Y/c1-9(17)10(14-2)5-3-4-6-15-12(19)8-16-11(18)7-13;7-4-2-1-3-6(8)5-9;/h10,13-14H,3-8H2,1-2H3,(H,15,19)(H,16,18);5-6H,1-4,7-8H2;/q-1;;/t;6-;/m.1./s1. The van der Waals surface area contributed by atoms with E-state index in [0.717, 1.165) is 44.8 Å². The second kappa shape index (κ2) is 23.5. The van der Waals surface area contributed by atoms with Crippen molar-refractivity contribution in [3.8, 4) is 0 Å². The second-order valence-corrected chi connectivity index (χ2v) is 6.34. The summed E-state index contributed by atoms with van der Waals surface area (Å²) >= 11 is 0. The number of nitrogens with one attached hydrogen (secondary N) is 4. The Labute approximate surface area is 199 Å². The first-order chi connectivity index (χ1) is 13.3. The molecule has 167 valence electrons. The molecule has 0 fully saturated rings. The zero-order chi connectivity index (χ0) is 21.8. The fraction of sp³-hybridized carbons (Fsp3) is 0.778. The first kappa shape index (κ1) is 32.9. The summed E-state index contributed by atoms with van der Waals surface area (Å²) in [5.41, 5.74) is 17.3. The Morgan fingerprint density at radius 2 is 1.66 bits per heavy atom. The van der Waals surface area contributed by atoms with Gasteiger partial charge in [-0.25, -0.2) is 0 Å². The number of ketones is 1. The van der Waals surface area contributed by atoms with Gasteiger partial charge in [-0.05, 0) is 52.6 Å². The molecule has 8 N–H and O–H groups in total. The predicted molar refractivity (Wildman–Crippen MR) is 110 cm³/mol. The van der Waals surface area contributed by atoms with Gasteiger partial charge in [-0.15, -0.1) is 0 Å². The summed E-state index contributed by atoms with van der Waals surface area (Å²) in [5, 5.41) is 7.92. The van der Waals surface area contributed by atoms with Crippen LogP contribution in [0.25, 0.3) is 5.73 Å². The van der Waals surface area contributed by atoms with Crippen LogP contribution in [0.1, 0.15) is 45.4 Å². The van der Waals surface area contributed by atoms with Gasteiger partial charge in [-0.2, -0.15) is 0 Å². The summed E-state index contributed by atoms with van der Waals surface area (Å²) in [7, 11) is 1.75. The zero-order valence-corrected chi connectivity index (χ0v) is 20.5. The van der Waals surface area contributed by atoms with Crippen molar-refractivity contribution >= 4 is 23.9 Å². The molecule has 2 atom stereocenters. The summed E-state index contributed by atoms with van der Waals surface area (Å²) in [5.74, 6) is -0.614. The molecule has 0 aromatic heterocycles. The topological polar surface area (TPSA) is 180 Å². The van der Waals surface area contributed by atoms with Crippen molar-refractivity contribution in [3.05, 3.63) is 5.73 Å². The second-order valence-electron chi connectivity index (χ2n) is 6.34. The Balaban J connectivity index is -0.000000572. The number of unbranched alkanes of at least 4 members (excludes halogenated alkanes) is 2. The molecule has 0 heterocycles. The molecular weight excluding hydrogens is 453 g/mol. The predicted octanol–water partition coefficient (Wildman–Crippen LogP) is -0.743. The average molecular weight is 490 g/mol. The van der Waals surface area contributed by atoms with Gasteiger partial charge in [0.25, 0.3) is 0 Å². The van der Waals surface area contributed by atoms with E-state index in [-0.39, 0.29) is 69.6 Å². The first-order valence-corrected chi connectivity index (χ1v) is 9.58. The monoisotopic (exact) mass is 490 g/mol. The number of amides is 2. The van der Waals surface area contributed by atoms with Crippen LogP contribution in [0.3, 0.4) is 0 Å². The molecule has 1 unspecified atom stereocenters. The maximum atomic E-state index is 11.3. The third-order valence-electron chi connectivity index (χ3n) is 3.85. The van der Waals surface area contributed by atoms with Crippen LogP contribution in [0.2, 0.25) is 0 Å². The number of carbonyl (C=O) groups excluding carboxylic acids is 4. The van der Waals surface area contributed by atoms with Crippen molar-refractivity contribution in [1.82, 2.24) is 16.0 Å². The van der Waals surface area contributed by atoms with Gasteiger partial charge in [0.2, 0.25) is 5.91 Å². The van der Waals surface area contributed by atoms with Crippen molar-refractivity contribution in [2.45, 2.75) is 57.5 Å². The van der Waals surface area contributed by atoms with Crippen LogP contribution in [0.4, 0.5) is 0 Å². The van der Waals surface area contributed by atoms with E-state index >= 15 is 0 Å². The molecule has 0 aliphatic carbocycles. The molecule has 0 spiro atoms. The molecule has 1 radical (unpaired) electrons. The number of hydrogen-bond donors (Lipinski definition) is 5. The van der Waals surface area contributed by atoms with Crippen molar-refractivity contribution in [1.29, 1.82) is 0 Å². The first-order valence-electron chi connectivity index (χ1n) is 9.58. The van der Waals surface area contributed by atoms with E-state index < -0.39 is 5.91 Å².